The van der Waals surface area contributed by atoms with Crippen LogP contribution in [-0.4, -0.2) is 18.4 Å². The second-order valence-electron chi connectivity index (χ2n) is 7.64. The number of nitrogens with two attached hydrogens (primary N) is 1. The molecule has 4 rings (SSSR count). The number of ether oxygens (including phenoxy) is 1. The summed E-state index contributed by atoms with van der Waals surface area (Å²) in [6.07, 6.45) is 0. The van der Waals surface area contributed by atoms with Gasteiger partial charge in [-0.25, -0.2) is 4.79 Å². The maximum Gasteiger partial charge on any atom is 0.338 e. The third-order valence-corrected chi connectivity index (χ3v) is 5.28. The summed E-state index contributed by atoms with van der Waals surface area (Å²) in [5.41, 5.74) is 5.95. The van der Waals surface area contributed by atoms with Crippen LogP contribution in [0.1, 0.15) is 50.9 Å². The number of amides is 1. The van der Waals surface area contributed by atoms with Crippen molar-refractivity contribution in [3.8, 4) is 0 Å². The van der Waals surface area contributed by atoms with Crippen LogP contribution in [0.25, 0.3) is 10.8 Å². The van der Waals surface area contributed by atoms with Crippen LogP contribution in [0.15, 0.2) is 84.9 Å². The molecule has 5 heteroatoms. The summed E-state index contributed by atoms with van der Waals surface area (Å²) in [5.74, 6) is -3.05. The number of fused-ring (bicyclic) bond motifs is 1. The van der Waals surface area contributed by atoms with Crippen LogP contribution in [0.2, 0.25) is 0 Å². The number of carbonyl (C=O) groups is 2. The second kappa shape index (κ2) is 10.3. The van der Waals surface area contributed by atoms with Gasteiger partial charge in [-0.1, -0.05) is 72.3 Å². The van der Waals surface area contributed by atoms with Gasteiger partial charge >= 0.3 is 5.97 Å². The van der Waals surface area contributed by atoms with Gasteiger partial charge in [0.2, 0.25) is 5.91 Å². The molecule has 0 aliphatic heterocycles. The Hall–Kier alpha value is -3.96. The highest BCUT2D eigenvalue weighted by atomic mass is 16.5. The minimum atomic E-state index is -2.76. The van der Waals surface area contributed by atoms with Gasteiger partial charge in [0, 0.05) is 23.2 Å². The maximum absolute atomic E-state index is 13.2. The van der Waals surface area contributed by atoms with Crippen molar-refractivity contribution in [2.45, 2.75) is 26.2 Å². The second-order valence-corrected chi connectivity index (χ2v) is 7.64. The molecule has 1 atom stereocenters. The van der Waals surface area contributed by atoms with Gasteiger partial charge in [0.1, 0.15) is 6.61 Å². The molecule has 0 saturated heterocycles. The summed E-state index contributed by atoms with van der Waals surface area (Å²) in [5, 5.41) is 4.12. The first-order chi connectivity index (χ1) is 19.9. The third-order valence-electron chi connectivity index (χ3n) is 5.28. The van der Waals surface area contributed by atoms with E-state index >= 15 is 0 Å². The number of hydrogen-bond acceptors (Lipinski definition) is 4. The Kier molecular flexibility index (Phi) is 4.35. The van der Waals surface area contributed by atoms with Crippen molar-refractivity contribution < 1.29 is 26.7 Å². The molecule has 0 unspecified atom stereocenters. The molecule has 1 amide bonds. The first-order valence-corrected chi connectivity index (χ1v) is 10.5. The summed E-state index contributed by atoms with van der Waals surface area (Å²) >= 11 is 0. The molecule has 0 bridgehead atoms. The van der Waals surface area contributed by atoms with Crippen molar-refractivity contribution in [2.24, 2.45) is 5.73 Å². The quantitative estimate of drug-likeness (QED) is 0.356. The number of nitrogens with one attached hydrogen (secondary N) is 1. The number of carbonyl (C=O) groups excluding carboxylic acids is 2. The number of hydrogen-bond donors (Lipinski definition) is 2. The predicted molar refractivity (Wildman–Crippen MR) is 136 cm³/mol. The topological polar surface area (TPSA) is 81.4 Å². The largest absolute Gasteiger partial charge is 0.457 e. The zero-order chi connectivity index (χ0) is 31.7. The number of benzene rings is 4. The normalized spacial score (nSPS) is 16.8. The van der Waals surface area contributed by atoms with Gasteiger partial charge in [0.15, 0.2) is 0 Å². The highest BCUT2D eigenvalue weighted by Gasteiger charge is 2.19. The Morgan fingerprint density at radius 2 is 1.88 bits per heavy atom. The predicted octanol–water partition coefficient (Wildman–Crippen LogP) is 5.49. The van der Waals surface area contributed by atoms with E-state index in [1.807, 2.05) is 0 Å². The molecule has 172 valence electrons. The van der Waals surface area contributed by atoms with E-state index in [2.05, 4.69) is 5.32 Å². The van der Waals surface area contributed by atoms with Crippen LogP contribution in [0.4, 0.5) is 5.69 Å². The molecule has 3 N–H and O–H groups in total. The van der Waals surface area contributed by atoms with Crippen LogP contribution in [-0.2, 0) is 16.1 Å². The molecule has 0 aliphatic carbocycles. The van der Waals surface area contributed by atoms with Gasteiger partial charge in [-0.15, -0.1) is 0 Å². The molecule has 5 nitrogen and oxygen atoms in total. The Labute approximate surface area is 212 Å². The molecule has 4 aromatic carbocycles. The number of anilines is 1. The van der Waals surface area contributed by atoms with E-state index in [1.54, 1.807) is 36.4 Å². The molecule has 0 fully saturated rings. The van der Waals surface area contributed by atoms with Gasteiger partial charge in [-0.3, -0.25) is 4.79 Å². The number of aryl methyl sites for hydroxylation is 2. The fraction of sp³-hybridized carbons (Fsp3) is 0.172. The highest BCUT2D eigenvalue weighted by Crippen LogP contribution is 2.22. The standard InChI is InChI=1S/C29H28N2O3/c1-19-7-14-26(20(2)15-19)29(33)34-18-21-8-10-23(11-9-21)27(17-30)28(32)31-25-13-12-22-5-3-4-6-24(22)16-25/h3-16,27H,17-18,30H2,1-2H3,(H,31,32)/t27-/m1/s1/i1D3,2D3,5D,17D2. The fourth-order valence-corrected chi connectivity index (χ4v) is 3.49. The van der Waals surface area contributed by atoms with Crippen LogP contribution < -0.4 is 11.1 Å². The van der Waals surface area contributed by atoms with Crippen LogP contribution in [0, 0.1) is 13.7 Å². The van der Waals surface area contributed by atoms with Crippen molar-refractivity contribution in [3.05, 3.63) is 113 Å². The monoisotopic (exact) mass is 461 g/mol. The molecule has 0 heterocycles. The SMILES string of the molecule is [2H]c1cccc2cc(NC(=O)[C@@H](c3ccc(COC(=O)c4ccc(C([2H])([2H])[2H])cc4C([2H])([2H])[2H])cc3)C([2H])([2H])N)ccc12. The summed E-state index contributed by atoms with van der Waals surface area (Å²) in [4.78, 5) is 26.0. The van der Waals surface area contributed by atoms with Crippen molar-refractivity contribution >= 4 is 28.3 Å². The number of esters is 1. The zero-order valence-corrected chi connectivity index (χ0v) is 18.1. The molecular weight excluding hydrogens is 424 g/mol. The smallest absolute Gasteiger partial charge is 0.338 e. The van der Waals surface area contributed by atoms with Crippen molar-refractivity contribution in [1.29, 1.82) is 0 Å². The van der Waals surface area contributed by atoms with Crippen LogP contribution in [0.5, 0.6) is 0 Å². The van der Waals surface area contributed by atoms with Gasteiger partial charge < -0.3 is 15.8 Å². The first kappa shape index (κ1) is 14.3. The lowest BCUT2D eigenvalue weighted by molar-refractivity contribution is -0.117. The summed E-state index contributed by atoms with van der Waals surface area (Å²) < 4.78 is 75.2. The van der Waals surface area contributed by atoms with E-state index in [0.29, 0.717) is 22.7 Å². The number of rotatable bonds is 7. The Morgan fingerprint density at radius 3 is 2.65 bits per heavy atom. The molecular formula is C29H28N2O3. The maximum atomic E-state index is 13.2. The molecule has 34 heavy (non-hydrogen) atoms. The highest BCUT2D eigenvalue weighted by molar-refractivity contribution is 5.98. The molecule has 0 radical (unpaired) electrons. The van der Waals surface area contributed by atoms with E-state index in [4.69, 9.17) is 22.8 Å². The minimum Gasteiger partial charge on any atom is -0.457 e. The van der Waals surface area contributed by atoms with E-state index in [0.717, 1.165) is 23.6 Å². The molecule has 0 spiro atoms. The lowest BCUT2D eigenvalue weighted by Crippen LogP contribution is -2.27. The van der Waals surface area contributed by atoms with Gasteiger partial charge in [0.25, 0.3) is 0 Å². The Balaban J connectivity index is 1.49. The molecule has 4 aromatic rings. The average Bonchev–Trinajstić information content (AvgIpc) is 2.90. The molecule has 0 aliphatic rings. The molecule has 0 aromatic heterocycles. The summed E-state index contributed by atoms with van der Waals surface area (Å²) in [6.45, 7) is -8.02. The average molecular weight is 462 g/mol. The van der Waals surface area contributed by atoms with Crippen molar-refractivity contribution in [2.75, 3.05) is 11.8 Å². The van der Waals surface area contributed by atoms with E-state index < -0.39 is 43.6 Å². The van der Waals surface area contributed by atoms with E-state index in [-0.39, 0.29) is 23.3 Å². The van der Waals surface area contributed by atoms with Crippen molar-refractivity contribution in [1.82, 2.24) is 0 Å². The Morgan fingerprint density at radius 1 is 1.03 bits per heavy atom. The van der Waals surface area contributed by atoms with Gasteiger partial charge in [0.05, 0.1) is 12.9 Å². The van der Waals surface area contributed by atoms with Crippen molar-refractivity contribution in [3.63, 3.8) is 0 Å². The van der Waals surface area contributed by atoms with Crippen LogP contribution >= 0.6 is 0 Å². The fourth-order valence-electron chi connectivity index (χ4n) is 3.49. The Bertz CT molecular complexity index is 1660. The van der Waals surface area contributed by atoms with Gasteiger partial charge in [-0.05, 0) is 59.4 Å². The van der Waals surface area contributed by atoms with E-state index in [1.165, 1.54) is 24.3 Å². The van der Waals surface area contributed by atoms with Crippen LogP contribution in [0.3, 0.4) is 0 Å². The minimum absolute atomic E-state index is 0.216. The first-order valence-electron chi connectivity index (χ1n) is 15.0. The lowest BCUT2D eigenvalue weighted by Gasteiger charge is -2.16. The lowest BCUT2D eigenvalue weighted by atomic mass is 9.97. The summed E-state index contributed by atoms with van der Waals surface area (Å²) in [6, 6.07) is 19.7. The zero-order valence-electron chi connectivity index (χ0n) is 27.1. The van der Waals surface area contributed by atoms with Gasteiger partial charge in [-0.2, -0.15) is 0 Å². The molecule has 0 saturated carbocycles. The van der Waals surface area contributed by atoms with E-state index in [9.17, 15) is 9.59 Å². The third kappa shape index (κ3) is 5.33. The summed E-state index contributed by atoms with van der Waals surface area (Å²) in [7, 11) is 0.